The van der Waals surface area contributed by atoms with Gasteiger partial charge in [0.1, 0.15) is 0 Å². The van der Waals surface area contributed by atoms with E-state index in [9.17, 15) is 5.26 Å². The van der Waals surface area contributed by atoms with E-state index in [2.05, 4.69) is 94.4 Å². The molecule has 6 rings (SSSR count). The topological polar surface area (TPSA) is 42.2 Å². The van der Waals surface area contributed by atoms with Crippen LogP contribution in [-0.4, -0.2) is 18.3 Å². The van der Waals surface area contributed by atoms with Gasteiger partial charge in [-0.15, -0.1) is 0 Å². The van der Waals surface area contributed by atoms with E-state index in [0.717, 1.165) is 19.3 Å². The van der Waals surface area contributed by atoms with Gasteiger partial charge in [-0.2, -0.15) is 5.26 Å². The molecule has 0 radical (unpaired) electrons. The van der Waals surface area contributed by atoms with Crippen molar-refractivity contribution in [1.82, 2.24) is 0 Å². The molecule has 0 aromatic rings. The Balaban J connectivity index is 1.38. The van der Waals surface area contributed by atoms with Crippen molar-refractivity contribution in [3.8, 4) is 6.07 Å². The Morgan fingerprint density at radius 2 is 1.43 bits per heavy atom. The first-order valence-corrected chi connectivity index (χ1v) is 16.5. The largest absolute Gasteiger partial charge is 0.490 e. The number of rotatable bonds is 1. The highest BCUT2D eigenvalue weighted by Crippen LogP contribution is 2.75. The SMILES string of the molecule is CC1(C)CC[C@]2(C#N)CC[C@]3(C)C(=CC[C@@H]4[C@@]5(C)CC=C(B6OC(C)(C)C(C)(C)O6)C(C)(C)[C@@H]5CC[C@]43C)[C@@H]2C1. The average molecular weight is 546 g/mol. The van der Waals surface area contributed by atoms with Gasteiger partial charge < -0.3 is 9.31 Å². The van der Waals surface area contributed by atoms with Gasteiger partial charge >= 0.3 is 7.12 Å². The molecule has 1 saturated heterocycles. The van der Waals surface area contributed by atoms with Crippen LogP contribution in [0.5, 0.6) is 0 Å². The summed E-state index contributed by atoms with van der Waals surface area (Å²) in [5, 5.41) is 10.5. The van der Waals surface area contributed by atoms with Crippen molar-refractivity contribution in [1.29, 1.82) is 5.26 Å². The highest BCUT2D eigenvalue weighted by Gasteiger charge is 2.69. The predicted octanol–water partition coefficient (Wildman–Crippen LogP) is 9.48. The maximum Gasteiger partial charge on any atom is 0.490 e. The van der Waals surface area contributed by atoms with E-state index in [1.54, 1.807) is 5.57 Å². The van der Waals surface area contributed by atoms with Gasteiger partial charge in [0.2, 0.25) is 0 Å². The molecule has 1 heterocycles. The quantitative estimate of drug-likeness (QED) is 0.243. The lowest BCUT2D eigenvalue weighted by molar-refractivity contribution is -0.159. The zero-order valence-electron chi connectivity index (χ0n) is 27.6. The minimum atomic E-state index is -0.313. The van der Waals surface area contributed by atoms with Crippen molar-refractivity contribution in [2.75, 3.05) is 0 Å². The van der Waals surface area contributed by atoms with Crippen LogP contribution in [0.15, 0.2) is 23.2 Å². The molecule has 4 fully saturated rings. The average Bonchev–Trinajstić information content (AvgIpc) is 3.05. The van der Waals surface area contributed by atoms with E-state index in [4.69, 9.17) is 9.31 Å². The first kappa shape index (κ1) is 29.0. The summed E-state index contributed by atoms with van der Waals surface area (Å²) in [5.74, 6) is 1.68. The fourth-order valence-electron chi connectivity index (χ4n) is 11.5. The highest BCUT2D eigenvalue weighted by atomic mass is 16.7. The molecule has 6 aliphatic rings. The molecule has 1 aliphatic heterocycles. The predicted molar refractivity (Wildman–Crippen MR) is 164 cm³/mol. The summed E-state index contributed by atoms with van der Waals surface area (Å²) in [4.78, 5) is 0. The van der Waals surface area contributed by atoms with Gasteiger partial charge in [0, 0.05) is 0 Å². The number of nitrogens with zero attached hydrogens (tertiary/aromatic N) is 1. The number of nitriles is 1. The Labute approximate surface area is 246 Å². The Kier molecular flexibility index (Phi) is 6.04. The lowest BCUT2D eigenvalue weighted by atomic mass is 9.33. The second-order valence-corrected chi connectivity index (χ2v) is 18.2. The molecule has 40 heavy (non-hydrogen) atoms. The standard InChI is InChI=1S/C36H56BNO2/c1-29(2)18-20-36(23-38)21-19-34(10)24(25(36)22-29)12-13-27-33(9)16-15-28(37-39-31(5,6)32(7,8)40-37)30(3,4)26(33)14-17-35(27,34)11/h12,15,25-27H,13-14,16-22H2,1-11H3/t25-,26-,27+,33-,34+,35+,36+/m0/s1. The molecule has 0 aromatic heterocycles. The zero-order valence-corrected chi connectivity index (χ0v) is 27.6. The van der Waals surface area contributed by atoms with Gasteiger partial charge in [0.25, 0.3) is 0 Å². The van der Waals surface area contributed by atoms with Crippen molar-refractivity contribution in [2.24, 2.45) is 50.2 Å². The minimum Gasteiger partial charge on any atom is -0.400 e. The van der Waals surface area contributed by atoms with Crippen molar-refractivity contribution < 1.29 is 9.31 Å². The third kappa shape index (κ3) is 3.55. The summed E-state index contributed by atoms with van der Waals surface area (Å²) in [6, 6.07) is 2.93. The summed E-state index contributed by atoms with van der Waals surface area (Å²) >= 11 is 0. The fraction of sp³-hybridized carbons (Fsp3) is 0.861. The van der Waals surface area contributed by atoms with Crippen LogP contribution in [0.2, 0.25) is 0 Å². The molecule has 0 N–H and O–H groups in total. The number of allylic oxidation sites excluding steroid dienone is 4. The van der Waals surface area contributed by atoms with Gasteiger partial charge in [-0.1, -0.05) is 66.2 Å². The number of fused-ring (bicyclic) bond motifs is 7. The molecule has 7 atom stereocenters. The number of hydrogen-bond donors (Lipinski definition) is 0. The van der Waals surface area contributed by atoms with E-state index in [-0.39, 0.29) is 45.4 Å². The summed E-state index contributed by atoms with van der Waals surface area (Å²) in [6.07, 6.45) is 15.7. The van der Waals surface area contributed by atoms with Crippen LogP contribution in [-0.2, 0) is 9.31 Å². The normalized spacial score (nSPS) is 48.0. The van der Waals surface area contributed by atoms with Gasteiger partial charge in [0.05, 0.1) is 22.7 Å². The number of hydrogen-bond acceptors (Lipinski definition) is 3. The lowest BCUT2D eigenvalue weighted by Gasteiger charge is -2.70. The first-order valence-electron chi connectivity index (χ1n) is 16.5. The third-order valence-electron chi connectivity index (χ3n) is 15.0. The van der Waals surface area contributed by atoms with Crippen molar-refractivity contribution >= 4 is 7.12 Å². The molecule has 4 heteroatoms. The van der Waals surface area contributed by atoms with Crippen LogP contribution in [0.25, 0.3) is 0 Å². The first-order chi connectivity index (χ1) is 18.3. The molecule has 0 amide bonds. The third-order valence-corrected chi connectivity index (χ3v) is 15.0. The fourth-order valence-corrected chi connectivity index (χ4v) is 11.5. The minimum absolute atomic E-state index is 0.0241. The molecule has 3 nitrogen and oxygen atoms in total. The monoisotopic (exact) mass is 545 g/mol. The van der Waals surface area contributed by atoms with E-state index in [1.807, 2.05) is 0 Å². The van der Waals surface area contributed by atoms with Crippen LogP contribution >= 0.6 is 0 Å². The Morgan fingerprint density at radius 1 is 0.800 bits per heavy atom. The second-order valence-electron chi connectivity index (χ2n) is 18.2. The molecular weight excluding hydrogens is 489 g/mol. The molecular formula is C36H56BNO2. The van der Waals surface area contributed by atoms with Crippen LogP contribution in [0.3, 0.4) is 0 Å². The lowest BCUT2D eigenvalue weighted by Crippen LogP contribution is -2.63. The zero-order chi connectivity index (χ0) is 29.4. The van der Waals surface area contributed by atoms with Crippen LogP contribution < -0.4 is 0 Å². The van der Waals surface area contributed by atoms with Gasteiger partial charge in [-0.05, 0) is 136 Å². The Hall–Kier alpha value is -1.05. The van der Waals surface area contributed by atoms with E-state index in [0.29, 0.717) is 23.2 Å². The molecule has 0 bridgehead atoms. The van der Waals surface area contributed by atoms with Crippen molar-refractivity contribution in [3.63, 3.8) is 0 Å². The molecule has 0 spiro atoms. The van der Waals surface area contributed by atoms with Crippen LogP contribution in [0.4, 0.5) is 0 Å². The summed E-state index contributed by atoms with van der Waals surface area (Å²) in [7, 11) is -0.250. The van der Waals surface area contributed by atoms with Crippen LogP contribution in [0, 0.1) is 61.6 Å². The molecule has 220 valence electrons. The summed E-state index contributed by atoms with van der Waals surface area (Å²) in [5.41, 5.74) is 3.32. The Morgan fingerprint density at radius 3 is 2.05 bits per heavy atom. The van der Waals surface area contributed by atoms with Gasteiger partial charge in [-0.25, -0.2) is 0 Å². The summed E-state index contributed by atoms with van der Waals surface area (Å²) < 4.78 is 13.3. The van der Waals surface area contributed by atoms with Gasteiger partial charge in [0.15, 0.2) is 0 Å². The summed E-state index contributed by atoms with van der Waals surface area (Å²) in [6.45, 7) is 26.4. The Bertz CT molecular complexity index is 1190. The molecule has 5 aliphatic carbocycles. The smallest absolute Gasteiger partial charge is 0.400 e. The van der Waals surface area contributed by atoms with Crippen molar-refractivity contribution in [3.05, 3.63) is 23.2 Å². The molecule has 0 unspecified atom stereocenters. The van der Waals surface area contributed by atoms with Crippen LogP contribution in [0.1, 0.15) is 134 Å². The highest BCUT2D eigenvalue weighted by molar-refractivity contribution is 6.55. The maximum atomic E-state index is 10.5. The molecule has 0 aromatic carbocycles. The molecule has 3 saturated carbocycles. The van der Waals surface area contributed by atoms with Gasteiger partial charge in [-0.3, -0.25) is 0 Å². The van der Waals surface area contributed by atoms with E-state index in [1.165, 1.54) is 44.0 Å². The van der Waals surface area contributed by atoms with E-state index < -0.39 is 0 Å². The maximum absolute atomic E-state index is 10.5. The second kappa shape index (κ2) is 8.31. The van der Waals surface area contributed by atoms with E-state index >= 15 is 0 Å². The van der Waals surface area contributed by atoms with Crippen molar-refractivity contribution in [2.45, 2.75) is 145 Å².